The molecule has 0 saturated carbocycles. The quantitative estimate of drug-likeness (QED) is 0.728. The van der Waals surface area contributed by atoms with Gasteiger partial charge >= 0.3 is 0 Å². The number of anilines is 2. The van der Waals surface area contributed by atoms with Crippen LogP contribution in [0.25, 0.3) is 11.3 Å². The Labute approximate surface area is 144 Å². The average Bonchev–Trinajstić information content (AvgIpc) is 2.59. The van der Waals surface area contributed by atoms with Crippen LogP contribution in [0.5, 0.6) is 11.5 Å². The van der Waals surface area contributed by atoms with E-state index in [0.29, 0.717) is 22.3 Å². The molecule has 0 radical (unpaired) electrons. The first-order chi connectivity index (χ1) is 11.6. The van der Waals surface area contributed by atoms with Crippen LogP contribution in [0.15, 0.2) is 48.8 Å². The number of hydrogen-bond acceptors (Lipinski definition) is 5. The third kappa shape index (κ3) is 3.41. The minimum absolute atomic E-state index is 0.0815. The first kappa shape index (κ1) is 16.1. The summed E-state index contributed by atoms with van der Waals surface area (Å²) in [6.07, 6.45) is 3.29. The molecule has 6 heteroatoms. The van der Waals surface area contributed by atoms with Gasteiger partial charge in [-0.1, -0.05) is 17.7 Å². The summed E-state index contributed by atoms with van der Waals surface area (Å²) in [7, 11) is 1.50. The molecule has 0 spiro atoms. The van der Waals surface area contributed by atoms with E-state index >= 15 is 0 Å². The second-order valence-corrected chi connectivity index (χ2v) is 5.70. The van der Waals surface area contributed by atoms with Gasteiger partial charge in [0.1, 0.15) is 5.82 Å². The summed E-state index contributed by atoms with van der Waals surface area (Å²) < 4.78 is 5.13. The molecule has 0 fully saturated rings. The Kier molecular flexibility index (Phi) is 4.53. The lowest BCUT2D eigenvalue weighted by molar-refractivity contribution is 0.373. The average molecular weight is 342 g/mol. The lowest BCUT2D eigenvalue weighted by atomic mass is 10.1. The highest BCUT2D eigenvalue weighted by Gasteiger charge is 2.08. The van der Waals surface area contributed by atoms with E-state index in [-0.39, 0.29) is 5.75 Å². The minimum atomic E-state index is 0.0815. The van der Waals surface area contributed by atoms with E-state index in [1.165, 1.54) is 7.11 Å². The van der Waals surface area contributed by atoms with E-state index in [0.717, 1.165) is 16.8 Å². The summed E-state index contributed by atoms with van der Waals surface area (Å²) in [4.78, 5) is 8.79. The van der Waals surface area contributed by atoms with Crippen molar-refractivity contribution in [1.82, 2.24) is 9.97 Å². The van der Waals surface area contributed by atoms with Crippen molar-refractivity contribution in [1.29, 1.82) is 0 Å². The zero-order valence-corrected chi connectivity index (χ0v) is 14.0. The SMILES string of the molecule is COc1cc(-c2cncc(Nc3cc(Cl)ccc3C)n2)ccc1O. The number of benzene rings is 2. The molecule has 3 rings (SSSR count). The number of phenols is 1. The van der Waals surface area contributed by atoms with Crippen LogP contribution in [0.1, 0.15) is 5.56 Å². The van der Waals surface area contributed by atoms with Gasteiger partial charge in [-0.3, -0.25) is 4.98 Å². The number of aromatic hydroxyl groups is 1. The van der Waals surface area contributed by atoms with Gasteiger partial charge in [-0.2, -0.15) is 0 Å². The molecule has 0 aliphatic carbocycles. The van der Waals surface area contributed by atoms with Crippen LogP contribution < -0.4 is 10.1 Å². The molecule has 2 aromatic carbocycles. The van der Waals surface area contributed by atoms with Crippen molar-refractivity contribution in [2.75, 3.05) is 12.4 Å². The summed E-state index contributed by atoms with van der Waals surface area (Å²) in [5, 5.41) is 13.6. The fraction of sp³-hybridized carbons (Fsp3) is 0.111. The number of rotatable bonds is 4. The highest BCUT2D eigenvalue weighted by atomic mass is 35.5. The van der Waals surface area contributed by atoms with Crippen molar-refractivity contribution in [3.63, 3.8) is 0 Å². The standard InChI is InChI=1S/C18H16ClN3O2/c1-11-3-5-13(19)8-14(11)21-18-10-20-9-15(22-18)12-4-6-16(23)17(7-12)24-2/h3-10,23H,1-2H3,(H,21,22). The number of aromatic nitrogens is 2. The lowest BCUT2D eigenvalue weighted by Gasteiger charge is -2.11. The van der Waals surface area contributed by atoms with Crippen LogP contribution in [0.2, 0.25) is 5.02 Å². The maximum absolute atomic E-state index is 9.70. The van der Waals surface area contributed by atoms with Crippen LogP contribution in [-0.4, -0.2) is 22.2 Å². The van der Waals surface area contributed by atoms with Crippen LogP contribution in [0.3, 0.4) is 0 Å². The Bertz CT molecular complexity index is 884. The molecule has 3 aromatic rings. The van der Waals surface area contributed by atoms with Crippen LogP contribution in [-0.2, 0) is 0 Å². The number of methoxy groups -OCH3 is 1. The molecule has 0 aliphatic rings. The zero-order chi connectivity index (χ0) is 17.1. The predicted octanol–water partition coefficient (Wildman–Crippen LogP) is 4.56. The molecule has 122 valence electrons. The monoisotopic (exact) mass is 341 g/mol. The number of aryl methyl sites for hydroxylation is 1. The minimum Gasteiger partial charge on any atom is -0.504 e. The maximum Gasteiger partial charge on any atom is 0.161 e. The van der Waals surface area contributed by atoms with Crippen LogP contribution in [0, 0.1) is 6.92 Å². The normalized spacial score (nSPS) is 10.5. The van der Waals surface area contributed by atoms with Gasteiger partial charge in [0.2, 0.25) is 0 Å². The first-order valence-electron chi connectivity index (χ1n) is 7.29. The third-order valence-corrected chi connectivity index (χ3v) is 3.81. The molecule has 1 heterocycles. The van der Waals surface area contributed by atoms with E-state index in [4.69, 9.17) is 16.3 Å². The molecule has 0 aliphatic heterocycles. The van der Waals surface area contributed by atoms with E-state index in [2.05, 4.69) is 15.3 Å². The molecule has 0 atom stereocenters. The van der Waals surface area contributed by atoms with Gasteiger partial charge in [0.05, 0.1) is 25.2 Å². The Balaban J connectivity index is 1.93. The molecule has 1 aromatic heterocycles. The maximum atomic E-state index is 9.70. The van der Waals surface area contributed by atoms with Gasteiger partial charge in [-0.15, -0.1) is 0 Å². The van der Waals surface area contributed by atoms with Crippen LogP contribution >= 0.6 is 11.6 Å². The second kappa shape index (κ2) is 6.76. The van der Waals surface area contributed by atoms with E-state index in [9.17, 15) is 5.11 Å². The summed E-state index contributed by atoms with van der Waals surface area (Å²) >= 11 is 6.04. The number of nitrogens with one attached hydrogen (secondary N) is 1. The topological polar surface area (TPSA) is 67.3 Å². The molecule has 5 nitrogen and oxygen atoms in total. The summed E-state index contributed by atoms with van der Waals surface area (Å²) in [5.74, 6) is 1.07. The summed E-state index contributed by atoms with van der Waals surface area (Å²) in [6, 6.07) is 10.7. The van der Waals surface area contributed by atoms with Gasteiger partial charge in [-0.05, 0) is 42.8 Å². The smallest absolute Gasteiger partial charge is 0.161 e. The highest BCUT2D eigenvalue weighted by molar-refractivity contribution is 6.30. The number of phenolic OH excluding ortho intramolecular Hbond substituents is 1. The predicted molar refractivity (Wildman–Crippen MR) is 95.2 cm³/mol. The number of halogens is 1. The summed E-state index contributed by atoms with van der Waals surface area (Å²) in [5.41, 5.74) is 3.39. The van der Waals surface area contributed by atoms with Crippen molar-refractivity contribution in [3.8, 4) is 22.8 Å². The summed E-state index contributed by atoms with van der Waals surface area (Å²) in [6.45, 7) is 1.99. The number of hydrogen-bond donors (Lipinski definition) is 2. The fourth-order valence-corrected chi connectivity index (χ4v) is 2.44. The van der Waals surface area contributed by atoms with E-state index in [1.54, 1.807) is 30.6 Å². The van der Waals surface area contributed by atoms with Crippen molar-refractivity contribution in [2.45, 2.75) is 6.92 Å². The second-order valence-electron chi connectivity index (χ2n) is 5.26. The number of nitrogens with zero attached hydrogens (tertiary/aromatic N) is 2. The molecule has 24 heavy (non-hydrogen) atoms. The molecular formula is C18H16ClN3O2. The third-order valence-electron chi connectivity index (χ3n) is 3.57. The van der Waals surface area contributed by atoms with Crippen molar-refractivity contribution in [3.05, 3.63) is 59.4 Å². The highest BCUT2D eigenvalue weighted by Crippen LogP contribution is 2.31. The Morgan fingerprint density at radius 2 is 1.96 bits per heavy atom. The Morgan fingerprint density at radius 1 is 1.12 bits per heavy atom. The van der Waals surface area contributed by atoms with Gasteiger partial charge in [0.25, 0.3) is 0 Å². The molecular weight excluding hydrogens is 326 g/mol. The molecule has 0 saturated heterocycles. The van der Waals surface area contributed by atoms with Gasteiger partial charge < -0.3 is 15.2 Å². The number of ether oxygens (including phenoxy) is 1. The van der Waals surface area contributed by atoms with Crippen molar-refractivity contribution < 1.29 is 9.84 Å². The molecule has 0 bridgehead atoms. The Morgan fingerprint density at radius 3 is 2.75 bits per heavy atom. The van der Waals surface area contributed by atoms with Crippen LogP contribution in [0.4, 0.5) is 11.5 Å². The largest absolute Gasteiger partial charge is 0.504 e. The van der Waals surface area contributed by atoms with Gasteiger partial charge in [-0.25, -0.2) is 4.98 Å². The van der Waals surface area contributed by atoms with Gasteiger partial charge in [0, 0.05) is 16.3 Å². The van der Waals surface area contributed by atoms with Gasteiger partial charge in [0.15, 0.2) is 11.5 Å². The zero-order valence-electron chi connectivity index (χ0n) is 13.2. The van der Waals surface area contributed by atoms with E-state index in [1.807, 2.05) is 25.1 Å². The molecule has 0 amide bonds. The molecule has 0 unspecified atom stereocenters. The van der Waals surface area contributed by atoms with E-state index < -0.39 is 0 Å². The first-order valence-corrected chi connectivity index (χ1v) is 7.67. The fourth-order valence-electron chi connectivity index (χ4n) is 2.27. The molecule has 2 N–H and O–H groups in total. The lowest BCUT2D eigenvalue weighted by Crippen LogP contribution is -1.98. The Hall–Kier alpha value is -2.79. The van der Waals surface area contributed by atoms with Crippen molar-refractivity contribution >= 4 is 23.1 Å². The van der Waals surface area contributed by atoms with Crippen molar-refractivity contribution in [2.24, 2.45) is 0 Å².